The fourth-order valence-electron chi connectivity index (χ4n) is 2.32. The van der Waals surface area contributed by atoms with E-state index in [0.29, 0.717) is 6.42 Å². The molecule has 3 heteroatoms. The molecular weight excluding hydrogens is 252 g/mol. The molecular formula is C17H32O3. The molecule has 1 unspecified atom stereocenters. The first-order valence-electron chi connectivity index (χ1n) is 8.19. The number of rotatable bonds is 14. The van der Waals surface area contributed by atoms with Gasteiger partial charge in [-0.25, -0.2) is 4.79 Å². The summed E-state index contributed by atoms with van der Waals surface area (Å²) in [5, 5.41) is 18.2. The molecule has 0 aromatic heterocycles. The van der Waals surface area contributed by atoms with E-state index in [1.165, 1.54) is 57.8 Å². The topological polar surface area (TPSA) is 57.5 Å². The van der Waals surface area contributed by atoms with Crippen molar-refractivity contribution in [1.82, 2.24) is 0 Å². The third-order valence-corrected chi connectivity index (χ3v) is 3.76. The van der Waals surface area contributed by atoms with Crippen LogP contribution in [0.3, 0.4) is 0 Å². The Morgan fingerprint density at radius 1 is 0.900 bits per heavy atom. The van der Waals surface area contributed by atoms with Gasteiger partial charge in [-0.15, -0.1) is 0 Å². The number of carbonyl (C=O) groups is 1. The molecule has 0 aliphatic carbocycles. The Labute approximate surface area is 124 Å². The maximum atomic E-state index is 10.6. The van der Waals surface area contributed by atoms with Crippen LogP contribution in [0.2, 0.25) is 0 Å². The van der Waals surface area contributed by atoms with E-state index < -0.39 is 12.1 Å². The standard InChI is InChI=1S/C17H32O3/c1-3-4-5-6-7-8-9-10-11-12-13-14-16(18)15(2)17(19)20/h16,18H,2-14H2,1H3,(H,19,20). The number of carboxylic acid groups (broad SMARTS) is 1. The highest BCUT2D eigenvalue weighted by molar-refractivity contribution is 5.86. The Bertz CT molecular complexity index is 261. The summed E-state index contributed by atoms with van der Waals surface area (Å²) in [5.41, 5.74) is -0.0860. The quantitative estimate of drug-likeness (QED) is 0.359. The fraction of sp³-hybridized carbons (Fsp3) is 0.824. The second-order valence-corrected chi connectivity index (χ2v) is 5.67. The predicted molar refractivity (Wildman–Crippen MR) is 83.9 cm³/mol. The van der Waals surface area contributed by atoms with Crippen molar-refractivity contribution in [1.29, 1.82) is 0 Å². The molecule has 0 heterocycles. The monoisotopic (exact) mass is 284 g/mol. The van der Waals surface area contributed by atoms with E-state index in [0.717, 1.165) is 12.8 Å². The molecule has 3 nitrogen and oxygen atoms in total. The summed E-state index contributed by atoms with van der Waals surface area (Å²) in [6.07, 6.45) is 13.4. The maximum Gasteiger partial charge on any atom is 0.333 e. The van der Waals surface area contributed by atoms with Gasteiger partial charge in [0.2, 0.25) is 0 Å². The van der Waals surface area contributed by atoms with E-state index in [1.807, 2.05) is 0 Å². The first-order valence-corrected chi connectivity index (χ1v) is 8.19. The molecule has 0 aromatic carbocycles. The number of hydrogen-bond acceptors (Lipinski definition) is 2. The van der Waals surface area contributed by atoms with Crippen LogP contribution in [0.5, 0.6) is 0 Å². The molecule has 0 saturated carbocycles. The highest BCUT2D eigenvalue weighted by Crippen LogP contribution is 2.14. The van der Waals surface area contributed by atoms with Crippen molar-refractivity contribution in [3.8, 4) is 0 Å². The van der Waals surface area contributed by atoms with Crippen molar-refractivity contribution in [2.24, 2.45) is 0 Å². The van der Waals surface area contributed by atoms with Crippen molar-refractivity contribution < 1.29 is 15.0 Å². The molecule has 0 amide bonds. The minimum atomic E-state index is -1.10. The SMILES string of the molecule is C=C(C(=O)O)C(O)CCCCCCCCCCCCC. The van der Waals surface area contributed by atoms with Crippen molar-refractivity contribution in [3.05, 3.63) is 12.2 Å². The van der Waals surface area contributed by atoms with Gasteiger partial charge in [0.15, 0.2) is 0 Å². The molecule has 20 heavy (non-hydrogen) atoms. The van der Waals surface area contributed by atoms with Gasteiger partial charge in [0.1, 0.15) is 0 Å². The molecule has 0 saturated heterocycles. The first kappa shape index (κ1) is 19.2. The Morgan fingerprint density at radius 3 is 1.70 bits per heavy atom. The molecule has 0 radical (unpaired) electrons. The zero-order chi connectivity index (χ0) is 15.2. The van der Waals surface area contributed by atoms with Crippen LogP contribution in [-0.4, -0.2) is 22.3 Å². The van der Waals surface area contributed by atoms with Gasteiger partial charge in [0.25, 0.3) is 0 Å². The van der Waals surface area contributed by atoms with Crippen LogP contribution in [-0.2, 0) is 4.79 Å². The Hall–Kier alpha value is -0.830. The lowest BCUT2D eigenvalue weighted by Crippen LogP contribution is -2.16. The minimum Gasteiger partial charge on any atom is -0.478 e. The summed E-state index contributed by atoms with van der Waals surface area (Å²) < 4.78 is 0. The predicted octanol–water partition coefficient (Wildman–Crippen LogP) is 4.69. The molecule has 0 spiro atoms. The van der Waals surface area contributed by atoms with Crippen molar-refractivity contribution in [2.45, 2.75) is 90.1 Å². The van der Waals surface area contributed by atoms with Crippen LogP contribution in [0, 0.1) is 0 Å². The van der Waals surface area contributed by atoms with Crippen LogP contribution < -0.4 is 0 Å². The number of aliphatic carboxylic acids is 1. The Morgan fingerprint density at radius 2 is 1.30 bits per heavy atom. The van der Waals surface area contributed by atoms with Crippen molar-refractivity contribution >= 4 is 5.97 Å². The zero-order valence-corrected chi connectivity index (χ0v) is 13.1. The van der Waals surface area contributed by atoms with E-state index in [-0.39, 0.29) is 5.57 Å². The van der Waals surface area contributed by atoms with Crippen LogP contribution in [0.4, 0.5) is 0 Å². The van der Waals surface area contributed by atoms with Gasteiger partial charge in [-0.2, -0.15) is 0 Å². The van der Waals surface area contributed by atoms with E-state index in [1.54, 1.807) is 0 Å². The van der Waals surface area contributed by atoms with Crippen LogP contribution in [0.15, 0.2) is 12.2 Å². The van der Waals surface area contributed by atoms with Crippen LogP contribution in [0.25, 0.3) is 0 Å². The normalized spacial score (nSPS) is 12.3. The minimum absolute atomic E-state index is 0.0860. The van der Waals surface area contributed by atoms with E-state index in [2.05, 4.69) is 13.5 Å². The fourth-order valence-corrected chi connectivity index (χ4v) is 2.32. The number of aliphatic hydroxyl groups excluding tert-OH is 1. The second-order valence-electron chi connectivity index (χ2n) is 5.67. The number of unbranched alkanes of at least 4 members (excludes halogenated alkanes) is 10. The van der Waals surface area contributed by atoms with Gasteiger partial charge in [-0.1, -0.05) is 84.1 Å². The van der Waals surface area contributed by atoms with Crippen molar-refractivity contribution in [2.75, 3.05) is 0 Å². The third-order valence-electron chi connectivity index (χ3n) is 3.76. The van der Waals surface area contributed by atoms with Gasteiger partial charge in [0, 0.05) is 0 Å². The Balaban J connectivity index is 3.24. The number of aliphatic hydroxyl groups is 1. The number of hydrogen-bond donors (Lipinski definition) is 2. The summed E-state index contributed by atoms with van der Waals surface area (Å²) in [6, 6.07) is 0. The molecule has 0 bridgehead atoms. The van der Waals surface area contributed by atoms with Gasteiger partial charge in [-0.05, 0) is 6.42 Å². The largest absolute Gasteiger partial charge is 0.478 e. The second kappa shape index (κ2) is 13.2. The van der Waals surface area contributed by atoms with E-state index in [9.17, 15) is 9.90 Å². The van der Waals surface area contributed by atoms with Gasteiger partial charge >= 0.3 is 5.97 Å². The lowest BCUT2D eigenvalue weighted by Gasteiger charge is -2.09. The average molecular weight is 284 g/mol. The van der Waals surface area contributed by atoms with E-state index >= 15 is 0 Å². The van der Waals surface area contributed by atoms with E-state index in [4.69, 9.17) is 5.11 Å². The molecule has 2 N–H and O–H groups in total. The summed E-state index contributed by atoms with van der Waals surface area (Å²) in [7, 11) is 0. The van der Waals surface area contributed by atoms with Crippen LogP contribution in [0.1, 0.15) is 84.0 Å². The van der Waals surface area contributed by atoms with Gasteiger partial charge in [-0.3, -0.25) is 0 Å². The summed E-state index contributed by atoms with van der Waals surface area (Å²) >= 11 is 0. The lowest BCUT2D eigenvalue weighted by atomic mass is 10.0. The highest BCUT2D eigenvalue weighted by Gasteiger charge is 2.14. The van der Waals surface area contributed by atoms with Crippen LogP contribution >= 0.6 is 0 Å². The first-order chi connectivity index (χ1) is 9.59. The molecule has 0 aromatic rings. The number of carboxylic acids is 1. The maximum absolute atomic E-state index is 10.6. The molecule has 0 aliphatic rings. The molecule has 0 fully saturated rings. The summed E-state index contributed by atoms with van der Waals surface area (Å²) in [5.74, 6) is -1.10. The molecule has 0 rings (SSSR count). The summed E-state index contributed by atoms with van der Waals surface area (Å²) in [4.78, 5) is 10.6. The van der Waals surface area contributed by atoms with Gasteiger partial charge in [0.05, 0.1) is 11.7 Å². The molecule has 1 atom stereocenters. The molecule has 0 aliphatic heterocycles. The lowest BCUT2D eigenvalue weighted by molar-refractivity contribution is -0.133. The van der Waals surface area contributed by atoms with Gasteiger partial charge < -0.3 is 10.2 Å². The smallest absolute Gasteiger partial charge is 0.333 e. The Kier molecular flexibility index (Phi) is 12.6. The average Bonchev–Trinajstić information content (AvgIpc) is 2.43. The zero-order valence-electron chi connectivity index (χ0n) is 13.1. The highest BCUT2D eigenvalue weighted by atomic mass is 16.4. The van der Waals surface area contributed by atoms with Crippen molar-refractivity contribution in [3.63, 3.8) is 0 Å². The third kappa shape index (κ3) is 11.0. The summed E-state index contributed by atoms with van der Waals surface area (Å²) in [6.45, 7) is 5.61. The molecule has 118 valence electrons.